The number of hydrogen-bond donors (Lipinski definition) is 2. The predicted octanol–water partition coefficient (Wildman–Crippen LogP) is 2.58. The summed E-state index contributed by atoms with van der Waals surface area (Å²) in [7, 11) is 0. The highest BCUT2D eigenvalue weighted by Gasteiger charge is 2.25. The first-order chi connectivity index (χ1) is 10.0. The number of benzene rings is 1. The largest absolute Gasteiger partial charge is 0.393 e. The normalized spacial score (nSPS) is 21.8. The summed E-state index contributed by atoms with van der Waals surface area (Å²) in [6, 6.07) is 4.42. The van der Waals surface area contributed by atoms with Gasteiger partial charge in [-0.15, -0.1) is 0 Å². The molecule has 0 bridgehead atoms. The SMILES string of the molecule is CSC1CCCC(NC(=O)c2cccc([N+](=O)[O-])c2N)C1. The van der Waals surface area contributed by atoms with E-state index in [0.717, 1.165) is 19.3 Å². The predicted molar refractivity (Wildman–Crippen MR) is 84.5 cm³/mol. The zero-order chi connectivity index (χ0) is 15.4. The molecular weight excluding hydrogens is 290 g/mol. The zero-order valence-electron chi connectivity index (χ0n) is 11.9. The lowest BCUT2D eigenvalue weighted by atomic mass is 9.94. The van der Waals surface area contributed by atoms with Gasteiger partial charge in [0.1, 0.15) is 5.69 Å². The van der Waals surface area contributed by atoms with Gasteiger partial charge >= 0.3 is 0 Å². The summed E-state index contributed by atoms with van der Waals surface area (Å²) >= 11 is 1.82. The van der Waals surface area contributed by atoms with Gasteiger partial charge in [-0.1, -0.05) is 12.5 Å². The highest BCUT2D eigenvalue weighted by Crippen LogP contribution is 2.28. The zero-order valence-corrected chi connectivity index (χ0v) is 12.7. The average Bonchev–Trinajstić information content (AvgIpc) is 2.47. The van der Waals surface area contributed by atoms with Crippen molar-refractivity contribution >= 4 is 29.0 Å². The second-order valence-corrected chi connectivity index (χ2v) is 6.33. The van der Waals surface area contributed by atoms with Crippen molar-refractivity contribution in [2.45, 2.75) is 37.0 Å². The van der Waals surface area contributed by atoms with Gasteiger partial charge in [-0.3, -0.25) is 14.9 Å². The molecule has 0 aromatic heterocycles. The van der Waals surface area contributed by atoms with E-state index in [2.05, 4.69) is 11.6 Å². The van der Waals surface area contributed by atoms with Gasteiger partial charge in [0.05, 0.1) is 10.5 Å². The van der Waals surface area contributed by atoms with E-state index in [4.69, 9.17) is 5.73 Å². The molecule has 1 saturated carbocycles. The van der Waals surface area contributed by atoms with E-state index in [1.165, 1.54) is 24.6 Å². The standard InChI is InChI=1S/C14H19N3O3S/c1-21-10-5-2-4-9(8-10)16-14(18)11-6-3-7-12(13(11)15)17(19)20/h3,6-7,9-10H,2,4-5,8,15H2,1H3,(H,16,18). The van der Waals surface area contributed by atoms with Crippen LogP contribution in [-0.4, -0.2) is 28.4 Å². The summed E-state index contributed by atoms with van der Waals surface area (Å²) in [5.41, 5.74) is 5.61. The van der Waals surface area contributed by atoms with Crippen LogP contribution >= 0.6 is 11.8 Å². The van der Waals surface area contributed by atoms with Crippen LogP contribution in [0.5, 0.6) is 0 Å². The van der Waals surface area contributed by atoms with Crippen LogP contribution in [0.2, 0.25) is 0 Å². The fourth-order valence-electron chi connectivity index (χ4n) is 2.66. The lowest BCUT2D eigenvalue weighted by molar-refractivity contribution is -0.383. The Labute approximate surface area is 127 Å². The van der Waals surface area contributed by atoms with Crippen LogP contribution in [0.3, 0.4) is 0 Å². The lowest BCUT2D eigenvalue weighted by Gasteiger charge is -2.28. The summed E-state index contributed by atoms with van der Waals surface area (Å²) in [6.45, 7) is 0. The number of para-hydroxylation sites is 1. The minimum atomic E-state index is -0.573. The molecule has 3 N–H and O–H groups in total. The second-order valence-electron chi connectivity index (χ2n) is 5.19. The maximum atomic E-state index is 12.3. The van der Waals surface area contributed by atoms with Crippen LogP contribution in [0.25, 0.3) is 0 Å². The molecule has 2 atom stereocenters. The summed E-state index contributed by atoms with van der Waals surface area (Å²) in [5, 5.41) is 14.4. The molecule has 6 nitrogen and oxygen atoms in total. The molecule has 1 aliphatic rings. The van der Waals surface area contributed by atoms with Crippen LogP contribution in [0.1, 0.15) is 36.0 Å². The molecule has 1 fully saturated rings. The van der Waals surface area contributed by atoms with Crippen LogP contribution in [0.4, 0.5) is 11.4 Å². The Morgan fingerprint density at radius 2 is 2.24 bits per heavy atom. The molecule has 0 radical (unpaired) electrons. The molecule has 0 saturated heterocycles. The molecule has 7 heteroatoms. The number of nitro benzene ring substituents is 1. The van der Waals surface area contributed by atoms with Crippen molar-refractivity contribution in [1.82, 2.24) is 5.32 Å². The maximum absolute atomic E-state index is 12.3. The van der Waals surface area contributed by atoms with Gasteiger partial charge in [-0.25, -0.2) is 0 Å². The van der Waals surface area contributed by atoms with E-state index in [-0.39, 0.29) is 28.9 Å². The summed E-state index contributed by atoms with van der Waals surface area (Å²) in [5.74, 6) is -0.331. The summed E-state index contributed by atoms with van der Waals surface area (Å²) < 4.78 is 0. The summed E-state index contributed by atoms with van der Waals surface area (Å²) in [6.07, 6.45) is 6.21. The van der Waals surface area contributed by atoms with Crippen molar-refractivity contribution in [3.05, 3.63) is 33.9 Å². The minimum Gasteiger partial charge on any atom is -0.393 e. The van der Waals surface area contributed by atoms with Gasteiger partial charge in [-0.05, 0) is 31.6 Å². The second kappa shape index (κ2) is 6.80. The van der Waals surface area contributed by atoms with E-state index in [1.54, 1.807) is 0 Å². The average molecular weight is 309 g/mol. The van der Waals surface area contributed by atoms with E-state index >= 15 is 0 Å². The lowest BCUT2D eigenvalue weighted by Crippen LogP contribution is -2.39. The fourth-order valence-corrected chi connectivity index (χ4v) is 3.49. The number of carbonyl (C=O) groups excluding carboxylic acids is 1. The monoisotopic (exact) mass is 309 g/mol. The van der Waals surface area contributed by atoms with E-state index in [1.807, 2.05) is 11.8 Å². The third-order valence-electron chi connectivity index (χ3n) is 3.82. The highest BCUT2D eigenvalue weighted by molar-refractivity contribution is 7.99. The third-order valence-corrected chi connectivity index (χ3v) is 4.91. The smallest absolute Gasteiger partial charge is 0.292 e. The molecule has 2 rings (SSSR count). The number of anilines is 1. The van der Waals surface area contributed by atoms with Gasteiger partial charge in [0, 0.05) is 17.4 Å². The van der Waals surface area contributed by atoms with Crippen molar-refractivity contribution in [2.75, 3.05) is 12.0 Å². The number of carbonyl (C=O) groups is 1. The molecule has 21 heavy (non-hydrogen) atoms. The number of rotatable bonds is 4. The van der Waals surface area contributed by atoms with Gasteiger partial charge in [0.25, 0.3) is 11.6 Å². The number of nitrogens with two attached hydrogens (primary N) is 1. The van der Waals surface area contributed by atoms with Crippen molar-refractivity contribution in [1.29, 1.82) is 0 Å². The number of nitrogen functional groups attached to an aromatic ring is 1. The van der Waals surface area contributed by atoms with Crippen LogP contribution in [-0.2, 0) is 0 Å². The van der Waals surface area contributed by atoms with Crippen molar-refractivity contribution < 1.29 is 9.72 Å². The summed E-state index contributed by atoms with van der Waals surface area (Å²) in [4.78, 5) is 22.6. The van der Waals surface area contributed by atoms with Crippen molar-refractivity contribution in [2.24, 2.45) is 0 Å². The van der Waals surface area contributed by atoms with E-state index in [0.29, 0.717) is 5.25 Å². The highest BCUT2D eigenvalue weighted by atomic mass is 32.2. The topological polar surface area (TPSA) is 98.3 Å². The molecular formula is C14H19N3O3S. The molecule has 2 unspecified atom stereocenters. The molecule has 1 amide bonds. The number of hydrogen-bond acceptors (Lipinski definition) is 5. The Hall–Kier alpha value is -1.76. The van der Waals surface area contributed by atoms with Gasteiger partial charge in [0.2, 0.25) is 0 Å². The Morgan fingerprint density at radius 3 is 2.90 bits per heavy atom. The quantitative estimate of drug-likeness (QED) is 0.506. The van der Waals surface area contributed by atoms with Crippen molar-refractivity contribution in [3.8, 4) is 0 Å². The Morgan fingerprint density at radius 1 is 1.48 bits per heavy atom. The van der Waals surface area contributed by atoms with Crippen LogP contribution < -0.4 is 11.1 Å². The Kier molecular flexibility index (Phi) is 5.06. The fraction of sp³-hybridized carbons (Fsp3) is 0.500. The van der Waals surface area contributed by atoms with Gasteiger partial charge < -0.3 is 11.1 Å². The first kappa shape index (κ1) is 15.6. The molecule has 1 aromatic rings. The Bertz CT molecular complexity index is 550. The van der Waals surface area contributed by atoms with E-state index in [9.17, 15) is 14.9 Å². The number of thioether (sulfide) groups is 1. The van der Waals surface area contributed by atoms with Gasteiger partial charge in [-0.2, -0.15) is 11.8 Å². The molecule has 1 aliphatic carbocycles. The molecule has 0 spiro atoms. The van der Waals surface area contributed by atoms with Crippen molar-refractivity contribution in [3.63, 3.8) is 0 Å². The third kappa shape index (κ3) is 3.66. The maximum Gasteiger partial charge on any atom is 0.292 e. The first-order valence-electron chi connectivity index (χ1n) is 6.89. The number of amides is 1. The van der Waals surface area contributed by atoms with E-state index < -0.39 is 4.92 Å². The number of nitrogens with one attached hydrogen (secondary N) is 1. The van der Waals surface area contributed by atoms with Crippen LogP contribution in [0, 0.1) is 10.1 Å². The van der Waals surface area contributed by atoms with Gasteiger partial charge in [0.15, 0.2) is 0 Å². The molecule has 114 valence electrons. The van der Waals surface area contributed by atoms with Crippen LogP contribution in [0.15, 0.2) is 18.2 Å². The number of nitrogens with zero attached hydrogens (tertiary/aromatic N) is 1. The molecule has 1 aromatic carbocycles. The molecule has 0 aliphatic heterocycles. The first-order valence-corrected chi connectivity index (χ1v) is 8.18. The Balaban J connectivity index is 2.10. The minimum absolute atomic E-state index is 0.0720. The molecule has 0 heterocycles. The number of nitro groups is 1.